The molecule has 1 atom stereocenters. The molecule has 5 N–H and O–H groups in total. The number of anilines is 1. The van der Waals surface area contributed by atoms with Gasteiger partial charge in [-0.15, -0.1) is 0 Å². The second-order valence-corrected chi connectivity index (χ2v) is 9.00. The number of hydrogen-bond acceptors (Lipinski definition) is 8. The molecular formula is C25H33GdN5O6. The Labute approximate surface area is 247 Å². The van der Waals surface area contributed by atoms with Crippen molar-refractivity contribution in [1.29, 1.82) is 0 Å². The standard InChI is InChI=1S/C25H33N5O6.Gd/c26-19-7-4-18(5-8-19)6-9-22(25(35)36)30-13-12-28(16-23(31)32)10-11-29(17-24(33)34)14-20-2-1-3-21(15-30)27-20;/h1-5,7-8,22H,6,9-17,26H2,(H,31,32)(H,33,34)(H,35,36);. The minimum absolute atomic E-state index is 0. The summed E-state index contributed by atoms with van der Waals surface area (Å²) in [5.74, 6) is -2.92. The first-order chi connectivity index (χ1) is 17.2. The summed E-state index contributed by atoms with van der Waals surface area (Å²) in [5.41, 5.74) is 8.72. The van der Waals surface area contributed by atoms with E-state index >= 15 is 0 Å². The SMILES string of the molecule is Nc1ccc(CCC(C(=O)O)N2CCN(CC(=O)O)CCN(CC(=O)O)Cc3cccc(n3)C2)cc1.[Gd]. The minimum Gasteiger partial charge on any atom is -0.480 e. The maximum atomic E-state index is 12.3. The Balaban J connectivity index is 0.00000481. The summed E-state index contributed by atoms with van der Waals surface area (Å²) in [7, 11) is 0. The average Bonchev–Trinajstić information content (AvgIpc) is 2.80. The van der Waals surface area contributed by atoms with Crippen molar-refractivity contribution in [2.45, 2.75) is 32.0 Å². The smallest absolute Gasteiger partial charge is 0.320 e. The van der Waals surface area contributed by atoms with E-state index in [1.165, 1.54) is 0 Å². The number of benzene rings is 1. The molecule has 0 amide bonds. The number of rotatable bonds is 9. The molecule has 1 aliphatic rings. The van der Waals surface area contributed by atoms with Crippen LogP contribution in [0.2, 0.25) is 0 Å². The number of carboxylic acids is 3. The summed E-state index contributed by atoms with van der Waals surface area (Å²) in [4.78, 5) is 45.1. The summed E-state index contributed by atoms with van der Waals surface area (Å²) in [6, 6.07) is 12.0. The van der Waals surface area contributed by atoms with Gasteiger partial charge in [-0.1, -0.05) is 18.2 Å². The third-order valence-electron chi connectivity index (χ3n) is 6.18. The Morgan fingerprint density at radius 2 is 1.41 bits per heavy atom. The van der Waals surface area contributed by atoms with Crippen LogP contribution in [-0.4, -0.2) is 98.2 Å². The molecule has 1 aromatic heterocycles. The minimum atomic E-state index is -0.997. The van der Waals surface area contributed by atoms with Crippen molar-refractivity contribution < 1.29 is 69.6 Å². The molecular weight excluding hydrogens is 624 g/mol. The maximum absolute atomic E-state index is 12.3. The molecule has 2 bridgehead atoms. The van der Waals surface area contributed by atoms with Gasteiger partial charge in [0.25, 0.3) is 0 Å². The molecule has 202 valence electrons. The molecule has 1 aliphatic heterocycles. The van der Waals surface area contributed by atoms with Crippen LogP contribution in [0, 0.1) is 39.9 Å². The molecule has 12 heteroatoms. The zero-order chi connectivity index (χ0) is 26.1. The van der Waals surface area contributed by atoms with Crippen molar-refractivity contribution >= 4 is 23.6 Å². The maximum Gasteiger partial charge on any atom is 0.320 e. The van der Waals surface area contributed by atoms with Gasteiger partial charge in [-0.3, -0.25) is 34.1 Å². The van der Waals surface area contributed by atoms with E-state index in [0.29, 0.717) is 62.6 Å². The Morgan fingerprint density at radius 3 is 2.03 bits per heavy atom. The third-order valence-corrected chi connectivity index (χ3v) is 6.18. The van der Waals surface area contributed by atoms with E-state index in [0.717, 1.165) is 5.56 Å². The second-order valence-electron chi connectivity index (χ2n) is 9.00. The molecule has 2 heterocycles. The fraction of sp³-hybridized carbons (Fsp3) is 0.440. The first-order valence-corrected chi connectivity index (χ1v) is 11.8. The average molecular weight is 657 g/mol. The van der Waals surface area contributed by atoms with Gasteiger partial charge in [0.05, 0.1) is 24.5 Å². The molecule has 0 radical (unpaired) electrons. The van der Waals surface area contributed by atoms with E-state index < -0.39 is 23.9 Å². The third kappa shape index (κ3) is 10.6. The quantitative estimate of drug-likeness (QED) is 0.283. The van der Waals surface area contributed by atoms with Gasteiger partial charge in [-0.25, -0.2) is 0 Å². The Bertz CT molecular complexity index is 1050. The van der Waals surface area contributed by atoms with E-state index in [1.54, 1.807) is 28.0 Å². The van der Waals surface area contributed by atoms with E-state index in [-0.39, 0.29) is 59.6 Å². The Morgan fingerprint density at radius 1 is 0.838 bits per heavy atom. The van der Waals surface area contributed by atoms with Crippen molar-refractivity contribution in [1.82, 2.24) is 19.7 Å². The first-order valence-electron chi connectivity index (χ1n) is 11.8. The van der Waals surface area contributed by atoms with Crippen LogP contribution in [0.3, 0.4) is 0 Å². The molecule has 3 rings (SSSR count). The molecule has 0 fully saturated rings. The van der Waals surface area contributed by atoms with Crippen LogP contribution >= 0.6 is 0 Å². The molecule has 2 aromatic rings. The monoisotopic (exact) mass is 657 g/mol. The van der Waals surface area contributed by atoms with Crippen molar-refractivity contribution in [2.24, 2.45) is 0 Å². The second kappa shape index (κ2) is 15.3. The molecule has 0 saturated carbocycles. The van der Waals surface area contributed by atoms with Crippen molar-refractivity contribution in [3.05, 3.63) is 59.4 Å². The van der Waals surface area contributed by atoms with Crippen molar-refractivity contribution in [3.63, 3.8) is 0 Å². The number of nitrogens with two attached hydrogens (primary N) is 1. The van der Waals surface area contributed by atoms with Gasteiger partial charge >= 0.3 is 17.9 Å². The van der Waals surface area contributed by atoms with Crippen LogP contribution in [0.15, 0.2) is 42.5 Å². The number of aromatic nitrogens is 1. The Hall–Kier alpha value is -2.22. The van der Waals surface area contributed by atoms with Gasteiger partial charge in [-0.2, -0.15) is 0 Å². The molecule has 0 spiro atoms. The number of aliphatic carboxylic acids is 3. The van der Waals surface area contributed by atoms with Crippen LogP contribution in [0.1, 0.15) is 23.4 Å². The van der Waals surface area contributed by atoms with Gasteiger partial charge < -0.3 is 21.1 Å². The number of nitrogen functional groups attached to an aromatic ring is 1. The van der Waals surface area contributed by atoms with E-state index in [1.807, 2.05) is 29.2 Å². The van der Waals surface area contributed by atoms with Gasteiger partial charge in [0.1, 0.15) is 6.04 Å². The topological polar surface area (TPSA) is 161 Å². The fourth-order valence-corrected chi connectivity index (χ4v) is 4.36. The zero-order valence-electron chi connectivity index (χ0n) is 20.5. The van der Waals surface area contributed by atoms with Crippen LogP contribution in [0.4, 0.5) is 5.69 Å². The molecule has 37 heavy (non-hydrogen) atoms. The summed E-state index contributed by atoms with van der Waals surface area (Å²) >= 11 is 0. The predicted octanol–water partition coefficient (Wildman–Crippen LogP) is 0.839. The fourth-order valence-electron chi connectivity index (χ4n) is 4.36. The number of fused-ring (bicyclic) bond motifs is 2. The van der Waals surface area contributed by atoms with Crippen molar-refractivity contribution in [3.8, 4) is 0 Å². The van der Waals surface area contributed by atoms with Crippen LogP contribution < -0.4 is 5.73 Å². The summed E-state index contributed by atoms with van der Waals surface area (Å²) in [6.45, 7) is 1.45. The first kappa shape index (κ1) is 31.0. The van der Waals surface area contributed by atoms with Crippen LogP contribution in [-0.2, 0) is 33.9 Å². The number of carboxylic acid groups (broad SMARTS) is 3. The van der Waals surface area contributed by atoms with E-state index in [9.17, 15) is 29.7 Å². The van der Waals surface area contributed by atoms with Crippen LogP contribution in [0.25, 0.3) is 0 Å². The molecule has 1 unspecified atom stereocenters. The molecule has 0 saturated heterocycles. The number of pyridine rings is 1. The molecule has 1 aromatic carbocycles. The van der Waals surface area contributed by atoms with E-state index in [2.05, 4.69) is 4.98 Å². The van der Waals surface area contributed by atoms with Gasteiger partial charge in [0.2, 0.25) is 0 Å². The van der Waals surface area contributed by atoms with Crippen LogP contribution in [0.5, 0.6) is 0 Å². The molecule has 0 aliphatic carbocycles. The van der Waals surface area contributed by atoms with Gasteiger partial charge in [0, 0.05) is 84.9 Å². The van der Waals surface area contributed by atoms with Gasteiger partial charge in [0.15, 0.2) is 0 Å². The Kier molecular flexibility index (Phi) is 12.8. The normalized spacial score (nSPS) is 16.5. The number of aryl methyl sites for hydroxylation is 1. The van der Waals surface area contributed by atoms with Gasteiger partial charge in [-0.05, 0) is 42.7 Å². The molecule has 11 nitrogen and oxygen atoms in total. The number of hydrogen-bond donors (Lipinski definition) is 4. The zero-order valence-corrected chi connectivity index (χ0v) is 22.7. The summed E-state index contributed by atoms with van der Waals surface area (Å²) < 4.78 is 0. The number of nitrogens with zero attached hydrogens (tertiary/aromatic N) is 4. The van der Waals surface area contributed by atoms with E-state index in [4.69, 9.17) is 5.73 Å². The predicted molar refractivity (Wildman–Crippen MR) is 132 cm³/mol. The summed E-state index contributed by atoms with van der Waals surface area (Å²) in [5, 5.41) is 28.8. The van der Waals surface area contributed by atoms with Crippen molar-refractivity contribution in [2.75, 3.05) is 45.0 Å². The number of carbonyl (C=O) groups is 3. The largest absolute Gasteiger partial charge is 0.480 e. The summed E-state index contributed by atoms with van der Waals surface area (Å²) in [6.07, 6.45) is 0.911.